The molecule has 0 heterocycles. The van der Waals surface area contributed by atoms with E-state index in [0.717, 1.165) is 12.1 Å². The molecular formula is C8H3F3N2O3. The second-order valence-electron chi connectivity index (χ2n) is 2.52. The standard InChI is InChI=1S/C8H3F3N2O3/c9-6-4(3-12)1-2-5(16-8(10)11)7(6)13(14)15/h1-2,8H. The summed E-state index contributed by atoms with van der Waals surface area (Å²) in [6, 6.07) is 2.91. The van der Waals surface area contributed by atoms with Gasteiger partial charge in [0.2, 0.25) is 11.6 Å². The van der Waals surface area contributed by atoms with Gasteiger partial charge in [-0.25, -0.2) is 0 Å². The molecule has 0 bridgehead atoms. The van der Waals surface area contributed by atoms with Gasteiger partial charge in [-0.3, -0.25) is 10.1 Å². The molecule has 0 spiro atoms. The predicted octanol–water partition coefficient (Wildman–Crippen LogP) is 2.21. The summed E-state index contributed by atoms with van der Waals surface area (Å²) < 4.78 is 40.7. The number of hydrogen-bond donors (Lipinski definition) is 0. The van der Waals surface area contributed by atoms with Crippen molar-refractivity contribution < 1.29 is 22.8 Å². The fraction of sp³-hybridized carbons (Fsp3) is 0.125. The largest absolute Gasteiger partial charge is 0.427 e. The average Bonchev–Trinajstić information content (AvgIpc) is 2.16. The molecule has 5 nitrogen and oxygen atoms in total. The summed E-state index contributed by atoms with van der Waals surface area (Å²) in [5.41, 5.74) is -1.90. The number of rotatable bonds is 3. The molecule has 0 fully saturated rings. The Hall–Kier alpha value is -2.30. The molecule has 8 heteroatoms. The first-order chi connectivity index (χ1) is 7.47. The van der Waals surface area contributed by atoms with Crippen molar-refractivity contribution in [1.82, 2.24) is 0 Å². The minimum absolute atomic E-state index is 0.617. The van der Waals surface area contributed by atoms with Crippen LogP contribution >= 0.6 is 0 Å². The zero-order chi connectivity index (χ0) is 12.3. The van der Waals surface area contributed by atoms with Gasteiger partial charge in [0.25, 0.3) is 0 Å². The van der Waals surface area contributed by atoms with E-state index in [0.29, 0.717) is 0 Å². The van der Waals surface area contributed by atoms with E-state index in [1.165, 1.54) is 6.07 Å². The van der Waals surface area contributed by atoms with Crippen LogP contribution in [0.15, 0.2) is 12.1 Å². The van der Waals surface area contributed by atoms with Crippen LogP contribution in [0.4, 0.5) is 18.9 Å². The van der Waals surface area contributed by atoms with Crippen molar-refractivity contribution in [3.8, 4) is 11.8 Å². The quantitative estimate of drug-likeness (QED) is 0.591. The van der Waals surface area contributed by atoms with E-state index < -0.39 is 34.4 Å². The third-order valence-electron chi connectivity index (χ3n) is 1.60. The van der Waals surface area contributed by atoms with Gasteiger partial charge >= 0.3 is 12.3 Å². The number of nitriles is 1. The minimum Gasteiger partial charge on any atom is -0.427 e. The molecule has 0 saturated heterocycles. The summed E-state index contributed by atoms with van der Waals surface area (Å²) in [6.07, 6.45) is 0. The van der Waals surface area contributed by atoms with Crippen LogP contribution < -0.4 is 4.74 Å². The average molecular weight is 232 g/mol. The first kappa shape index (κ1) is 11.8. The molecular weight excluding hydrogens is 229 g/mol. The molecule has 0 amide bonds. The molecule has 0 unspecified atom stereocenters. The van der Waals surface area contributed by atoms with Crippen molar-refractivity contribution in [3.63, 3.8) is 0 Å². The fourth-order valence-corrected chi connectivity index (χ4v) is 0.994. The van der Waals surface area contributed by atoms with Gasteiger partial charge in [-0.15, -0.1) is 0 Å². The molecule has 0 aliphatic heterocycles. The fourth-order valence-electron chi connectivity index (χ4n) is 0.994. The van der Waals surface area contributed by atoms with E-state index in [2.05, 4.69) is 4.74 Å². The number of nitro groups is 1. The number of hydrogen-bond acceptors (Lipinski definition) is 4. The number of halogens is 3. The SMILES string of the molecule is N#Cc1ccc(OC(F)F)c([N+](=O)[O-])c1F. The van der Waals surface area contributed by atoms with E-state index in [9.17, 15) is 23.3 Å². The van der Waals surface area contributed by atoms with Crippen molar-refractivity contribution in [2.45, 2.75) is 6.61 Å². The van der Waals surface area contributed by atoms with Gasteiger partial charge in [0.1, 0.15) is 6.07 Å². The summed E-state index contributed by atoms with van der Waals surface area (Å²) >= 11 is 0. The summed E-state index contributed by atoms with van der Waals surface area (Å²) in [5.74, 6) is -2.41. The highest BCUT2D eigenvalue weighted by molar-refractivity contribution is 5.53. The number of nitro benzene ring substituents is 1. The van der Waals surface area contributed by atoms with Crippen LogP contribution in [0.5, 0.6) is 5.75 Å². The maximum Gasteiger partial charge on any atom is 0.387 e. The van der Waals surface area contributed by atoms with Gasteiger partial charge in [-0.1, -0.05) is 0 Å². The topological polar surface area (TPSA) is 76.2 Å². The third-order valence-corrected chi connectivity index (χ3v) is 1.60. The first-order valence-electron chi connectivity index (χ1n) is 3.79. The normalized spacial score (nSPS) is 9.94. The lowest BCUT2D eigenvalue weighted by Crippen LogP contribution is -2.06. The molecule has 1 rings (SSSR count). The first-order valence-corrected chi connectivity index (χ1v) is 3.79. The van der Waals surface area contributed by atoms with E-state index in [-0.39, 0.29) is 0 Å². The molecule has 0 saturated carbocycles. The summed E-state index contributed by atoms with van der Waals surface area (Å²) in [5, 5.41) is 18.8. The highest BCUT2D eigenvalue weighted by atomic mass is 19.3. The lowest BCUT2D eigenvalue weighted by molar-refractivity contribution is -0.389. The van der Waals surface area contributed by atoms with E-state index in [1.54, 1.807) is 0 Å². The Morgan fingerprint density at radius 2 is 2.12 bits per heavy atom. The third kappa shape index (κ3) is 2.20. The predicted molar refractivity (Wildman–Crippen MR) is 44.4 cm³/mol. The second-order valence-corrected chi connectivity index (χ2v) is 2.52. The van der Waals surface area contributed by atoms with E-state index >= 15 is 0 Å². The highest BCUT2D eigenvalue weighted by Crippen LogP contribution is 2.32. The maximum absolute atomic E-state index is 13.2. The zero-order valence-electron chi connectivity index (χ0n) is 7.49. The zero-order valence-corrected chi connectivity index (χ0v) is 7.49. The van der Waals surface area contributed by atoms with Gasteiger partial charge in [0, 0.05) is 0 Å². The molecule has 16 heavy (non-hydrogen) atoms. The smallest absolute Gasteiger partial charge is 0.387 e. The number of nitrogens with zero attached hydrogens (tertiary/aromatic N) is 2. The molecule has 0 radical (unpaired) electrons. The van der Waals surface area contributed by atoms with E-state index in [1.807, 2.05) is 0 Å². The minimum atomic E-state index is -3.31. The maximum atomic E-state index is 13.2. The van der Waals surface area contributed by atoms with Crippen LogP contribution in [-0.2, 0) is 0 Å². The summed E-state index contributed by atoms with van der Waals surface area (Å²) in [6.45, 7) is -3.31. The van der Waals surface area contributed by atoms with Crippen molar-refractivity contribution in [3.05, 3.63) is 33.6 Å². The second kappa shape index (κ2) is 4.48. The Bertz CT molecular complexity index is 470. The molecule has 0 aliphatic rings. The Balaban J connectivity index is 3.36. The lowest BCUT2D eigenvalue weighted by atomic mass is 10.2. The Morgan fingerprint density at radius 3 is 2.56 bits per heavy atom. The van der Waals surface area contributed by atoms with Crippen LogP contribution in [-0.4, -0.2) is 11.5 Å². The molecule has 84 valence electrons. The van der Waals surface area contributed by atoms with Crippen LogP contribution in [0.2, 0.25) is 0 Å². The highest BCUT2D eigenvalue weighted by Gasteiger charge is 2.26. The number of alkyl halides is 2. The van der Waals surface area contributed by atoms with E-state index in [4.69, 9.17) is 5.26 Å². The Labute approximate surface area is 86.8 Å². The molecule has 0 N–H and O–H groups in total. The molecule has 0 aromatic heterocycles. The molecule has 0 atom stereocenters. The molecule has 0 aliphatic carbocycles. The van der Waals surface area contributed by atoms with Gasteiger partial charge in [-0.05, 0) is 12.1 Å². The lowest BCUT2D eigenvalue weighted by Gasteiger charge is -2.05. The Kier molecular flexibility index (Phi) is 3.30. The van der Waals surface area contributed by atoms with Crippen molar-refractivity contribution >= 4 is 5.69 Å². The monoisotopic (exact) mass is 232 g/mol. The van der Waals surface area contributed by atoms with Gasteiger partial charge < -0.3 is 4.74 Å². The molecule has 1 aromatic rings. The van der Waals surface area contributed by atoms with Crippen molar-refractivity contribution in [2.24, 2.45) is 0 Å². The van der Waals surface area contributed by atoms with Crippen LogP contribution in [0, 0.1) is 27.3 Å². The van der Waals surface area contributed by atoms with Crippen LogP contribution in [0.1, 0.15) is 5.56 Å². The summed E-state index contributed by atoms with van der Waals surface area (Å²) in [7, 11) is 0. The van der Waals surface area contributed by atoms with Gasteiger partial charge in [0.05, 0.1) is 10.5 Å². The summed E-state index contributed by atoms with van der Waals surface area (Å²) in [4.78, 5) is 9.20. The van der Waals surface area contributed by atoms with Gasteiger partial charge in [-0.2, -0.15) is 18.4 Å². The number of ether oxygens (including phenoxy) is 1. The Morgan fingerprint density at radius 1 is 1.50 bits per heavy atom. The van der Waals surface area contributed by atoms with Crippen LogP contribution in [0.3, 0.4) is 0 Å². The molecule has 1 aromatic carbocycles. The van der Waals surface area contributed by atoms with Crippen molar-refractivity contribution in [2.75, 3.05) is 0 Å². The van der Waals surface area contributed by atoms with Gasteiger partial charge in [0.15, 0.2) is 0 Å². The van der Waals surface area contributed by atoms with Crippen molar-refractivity contribution in [1.29, 1.82) is 5.26 Å². The number of benzene rings is 1. The van der Waals surface area contributed by atoms with Crippen LogP contribution in [0.25, 0.3) is 0 Å².